The predicted octanol–water partition coefficient (Wildman–Crippen LogP) is 1.37. The van der Waals surface area contributed by atoms with Crippen LogP contribution in [0.2, 0.25) is 0 Å². The Hall–Kier alpha value is -1.43. The first-order valence-corrected chi connectivity index (χ1v) is 7.17. The highest BCUT2D eigenvalue weighted by Crippen LogP contribution is 2.24. The second-order valence-corrected chi connectivity index (χ2v) is 5.69. The molecular weight excluding hydrogens is 252 g/mol. The van der Waals surface area contributed by atoms with Crippen molar-refractivity contribution in [3.05, 3.63) is 30.1 Å². The van der Waals surface area contributed by atoms with Gasteiger partial charge in [0.2, 0.25) is 0 Å². The number of nitrogens with one attached hydrogen (secondary N) is 1. The lowest BCUT2D eigenvalue weighted by atomic mass is 9.94. The first-order chi connectivity index (χ1) is 9.69. The van der Waals surface area contributed by atoms with E-state index >= 15 is 0 Å². The van der Waals surface area contributed by atoms with Crippen LogP contribution in [0.25, 0.3) is 11.0 Å². The number of benzene rings is 1. The lowest BCUT2D eigenvalue weighted by Gasteiger charge is -2.21. The molecule has 1 saturated heterocycles. The maximum absolute atomic E-state index is 5.75. The minimum absolute atomic E-state index is 0.204. The number of nitrogens with two attached hydrogens (primary N) is 1. The third-order valence-corrected chi connectivity index (χ3v) is 4.29. The molecule has 5 nitrogen and oxygen atoms in total. The fourth-order valence-corrected chi connectivity index (χ4v) is 3.07. The van der Waals surface area contributed by atoms with Crippen LogP contribution in [0.1, 0.15) is 19.2 Å². The molecule has 0 bridgehead atoms. The molecule has 0 spiro atoms. The maximum atomic E-state index is 5.75. The Morgan fingerprint density at radius 3 is 2.95 bits per heavy atom. The molecule has 0 aliphatic carbocycles. The largest absolute Gasteiger partial charge is 0.378 e. The van der Waals surface area contributed by atoms with Gasteiger partial charge in [-0.3, -0.25) is 11.3 Å². The Labute approximate surface area is 119 Å². The SMILES string of the molecule is CC1CC(C(Cc2nc3ccccc3n2C)NN)CO1. The van der Waals surface area contributed by atoms with E-state index in [1.165, 1.54) is 0 Å². The number of hydrogen-bond acceptors (Lipinski definition) is 4. The van der Waals surface area contributed by atoms with Gasteiger partial charge in [-0.2, -0.15) is 0 Å². The topological polar surface area (TPSA) is 65.1 Å². The number of nitrogens with zero attached hydrogens (tertiary/aromatic N) is 2. The zero-order chi connectivity index (χ0) is 14.1. The molecule has 1 aromatic heterocycles. The van der Waals surface area contributed by atoms with Gasteiger partial charge in [0, 0.05) is 25.4 Å². The zero-order valence-corrected chi connectivity index (χ0v) is 12.0. The Balaban J connectivity index is 1.82. The van der Waals surface area contributed by atoms with E-state index in [-0.39, 0.29) is 6.04 Å². The standard InChI is InChI=1S/C15H22N4O/c1-10-7-11(9-20-10)13(18-16)8-15-17-12-5-3-4-6-14(12)19(15)2/h3-6,10-11,13,18H,7-9,16H2,1-2H3. The summed E-state index contributed by atoms with van der Waals surface area (Å²) in [5.41, 5.74) is 5.15. The summed E-state index contributed by atoms with van der Waals surface area (Å²) in [7, 11) is 2.06. The lowest BCUT2D eigenvalue weighted by molar-refractivity contribution is 0.116. The average molecular weight is 274 g/mol. The molecule has 0 radical (unpaired) electrons. The Morgan fingerprint density at radius 1 is 1.50 bits per heavy atom. The van der Waals surface area contributed by atoms with Crippen LogP contribution in [-0.4, -0.2) is 28.3 Å². The number of aromatic nitrogens is 2. The van der Waals surface area contributed by atoms with Crippen molar-refractivity contribution in [2.24, 2.45) is 18.8 Å². The Morgan fingerprint density at radius 2 is 2.30 bits per heavy atom. The molecule has 1 fully saturated rings. The monoisotopic (exact) mass is 274 g/mol. The van der Waals surface area contributed by atoms with Crippen molar-refractivity contribution in [2.75, 3.05) is 6.61 Å². The predicted molar refractivity (Wildman–Crippen MR) is 79.1 cm³/mol. The van der Waals surface area contributed by atoms with Crippen LogP contribution >= 0.6 is 0 Å². The van der Waals surface area contributed by atoms with Crippen LogP contribution < -0.4 is 11.3 Å². The van der Waals surface area contributed by atoms with Gasteiger partial charge in [0.05, 0.1) is 23.7 Å². The molecule has 3 atom stereocenters. The van der Waals surface area contributed by atoms with Crippen LogP contribution in [0.5, 0.6) is 0 Å². The third-order valence-electron chi connectivity index (χ3n) is 4.29. The van der Waals surface area contributed by atoms with Crippen molar-refractivity contribution >= 4 is 11.0 Å². The lowest BCUT2D eigenvalue weighted by Crippen LogP contribution is -2.43. The molecule has 5 heteroatoms. The van der Waals surface area contributed by atoms with Gasteiger partial charge in [-0.05, 0) is 25.5 Å². The van der Waals surface area contributed by atoms with Crippen LogP contribution in [0.3, 0.4) is 0 Å². The second kappa shape index (κ2) is 5.52. The van der Waals surface area contributed by atoms with Crippen molar-refractivity contribution in [1.29, 1.82) is 0 Å². The molecular formula is C15H22N4O. The van der Waals surface area contributed by atoms with E-state index in [2.05, 4.69) is 30.0 Å². The van der Waals surface area contributed by atoms with E-state index in [0.29, 0.717) is 12.0 Å². The zero-order valence-electron chi connectivity index (χ0n) is 12.0. The summed E-state index contributed by atoms with van der Waals surface area (Å²) in [6.07, 6.45) is 2.21. The number of hydrazine groups is 1. The molecule has 0 amide bonds. The van der Waals surface area contributed by atoms with Crippen molar-refractivity contribution in [1.82, 2.24) is 15.0 Å². The summed E-state index contributed by atoms with van der Waals surface area (Å²) in [6.45, 7) is 2.89. The second-order valence-electron chi connectivity index (χ2n) is 5.69. The first kappa shape index (κ1) is 13.5. The van der Waals surface area contributed by atoms with Gasteiger partial charge in [0.25, 0.3) is 0 Å². The molecule has 20 heavy (non-hydrogen) atoms. The van der Waals surface area contributed by atoms with Gasteiger partial charge in [-0.25, -0.2) is 4.98 Å². The Bertz CT molecular complexity index is 595. The van der Waals surface area contributed by atoms with Gasteiger partial charge in [-0.15, -0.1) is 0 Å². The molecule has 3 unspecified atom stereocenters. The summed E-state index contributed by atoms with van der Waals surface area (Å²) < 4.78 is 7.80. The minimum Gasteiger partial charge on any atom is -0.378 e. The van der Waals surface area contributed by atoms with E-state index in [1.54, 1.807) is 0 Å². The van der Waals surface area contributed by atoms with Crippen LogP contribution in [0, 0.1) is 5.92 Å². The van der Waals surface area contributed by atoms with Crippen LogP contribution in [0.4, 0.5) is 0 Å². The number of fused-ring (bicyclic) bond motifs is 1. The fourth-order valence-electron chi connectivity index (χ4n) is 3.07. The number of hydrogen-bond donors (Lipinski definition) is 2. The highest BCUT2D eigenvalue weighted by atomic mass is 16.5. The first-order valence-electron chi connectivity index (χ1n) is 7.17. The fraction of sp³-hybridized carbons (Fsp3) is 0.533. The average Bonchev–Trinajstić information content (AvgIpc) is 3.01. The van der Waals surface area contributed by atoms with E-state index < -0.39 is 0 Å². The summed E-state index contributed by atoms with van der Waals surface area (Å²) in [4.78, 5) is 4.72. The van der Waals surface area contributed by atoms with Crippen molar-refractivity contribution in [3.8, 4) is 0 Å². The van der Waals surface area contributed by atoms with Gasteiger partial charge in [0.15, 0.2) is 0 Å². The molecule has 1 aromatic carbocycles. The molecule has 3 N–H and O–H groups in total. The molecule has 3 rings (SSSR count). The number of imidazole rings is 1. The summed E-state index contributed by atoms with van der Waals surface area (Å²) in [5, 5.41) is 0. The van der Waals surface area contributed by atoms with Gasteiger partial charge >= 0.3 is 0 Å². The summed E-state index contributed by atoms with van der Waals surface area (Å²) >= 11 is 0. The maximum Gasteiger partial charge on any atom is 0.111 e. The van der Waals surface area contributed by atoms with E-state index in [0.717, 1.165) is 36.3 Å². The Kier molecular flexibility index (Phi) is 3.74. The van der Waals surface area contributed by atoms with Crippen LogP contribution in [0.15, 0.2) is 24.3 Å². The highest BCUT2D eigenvalue weighted by Gasteiger charge is 2.30. The summed E-state index contributed by atoms with van der Waals surface area (Å²) in [5.74, 6) is 7.26. The smallest absolute Gasteiger partial charge is 0.111 e. The van der Waals surface area contributed by atoms with Crippen LogP contribution in [-0.2, 0) is 18.2 Å². The molecule has 0 saturated carbocycles. The number of ether oxygens (including phenoxy) is 1. The normalized spacial score (nSPS) is 24.4. The third kappa shape index (κ3) is 2.44. The quantitative estimate of drug-likeness (QED) is 0.653. The minimum atomic E-state index is 0.204. The number of para-hydroxylation sites is 2. The van der Waals surface area contributed by atoms with Crippen molar-refractivity contribution < 1.29 is 4.74 Å². The molecule has 1 aliphatic rings. The van der Waals surface area contributed by atoms with Gasteiger partial charge in [-0.1, -0.05) is 12.1 Å². The van der Waals surface area contributed by atoms with Gasteiger partial charge in [0.1, 0.15) is 5.82 Å². The molecule has 2 heterocycles. The highest BCUT2D eigenvalue weighted by molar-refractivity contribution is 5.75. The van der Waals surface area contributed by atoms with E-state index in [1.807, 2.05) is 18.2 Å². The van der Waals surface area contributed by atoms with Gasteiger partial charge < -0.3 is 9.30 Å². The summed E-state index contributed by atoms with van der Waals surface area (Å²) in [6, 6.07) is 8.40. The molecule has 2 aromatic rings. The van der Waals surface area contributed by atoms with Crippen molar-refractivity contribution in [3.63, 3.8) is 0 Å². The number of rotatable bonds is 4. The van der Waals surface area contributed by atoms with E-state index in [9.17, 15) is 0 Å². The van der Waals surface area contributed by atoms with Crippen molar-refractivity contribution in [2.45, 2.75) is 31.9 Å². The number of aryl methyl sites for hydroxylation is 1. The van der Waals surface area contributed by atoms with E-state index in [4.69, 9.17) is 15.6 Å². The molecule has 1 aliphatic heterocycles. The molecule has 108 valence electrons.